The van der Waals surface area contributed by atoms with Gasteiger partial charge in [0.1, 0.15) is 11.0 Å². The number of nitrogens with zero attached hydrogens (tertiary/aromatic N) is 2. The number of thioether (sulfide) groups is 1. The maximum absolute atomic E-state index is 5.80. The predicted octanol–water partition coefficient (Wildman–Crippen LogP) is 2.27. The van der Waals surface area contributed by atoms with Crippen LogP contribution in [0.25, 0.3) is 0 Å². The molecule has 0 atom stereocenters. The molecule has 1 aliphatic heterocycles. The molecule has 1 aromatic heterocycles. The van der Waals surface area contributed by atoms with Crippen LogP contribution < -0.4 is 11.1 Å². The van der Waals surface area contributed by atoms with Crippen molar-refractivity contribution in [3.63, 3.8) is 0 Å². The first-order valence-corrected chi connectivity index (χ1v) is 6.89. The summed E-state index contributed by atoms with van der Waals surface area (Å²) in [6.45, 7) is 0.938. The van der Waals surface area contributed by atoms with Crippen LogP contribution in [0.3, 0.4) is 0 Å². The van der Waals surface area contributed by atoms with Gasteiger partial charge < -0.3 is 11.1 Å². The summed E-state index contributed by atoms with van der Waals surface area (Å²) in [5.41, 5.74) is 5.52. The fourth-order valence-electron chi connectivity index (χ4n) is 1.73. The largest absolute Gasteiger partial charge is 0.370 e. The van der Waals surface area contributed by atoms with Gasteiger partial charge in [0, 0.05) is 12.6 Å². The summed E-state index contributed by atoms with van der Waals surface area (Å²) in [4.78, 5) is 7.90. The quantitative estimate of drug-likeness (QED) is 0.815. The van der Waals surface area contributed by atoms with Crippen LogP contribution in [-0.4, -0.2) is 28.0 Å². The van der Waals surface area contributed by atoms with Crippen molar-refractivity contribution < 1.29 is 0 Å². The number of rotatable bonds is 3. The lowest BCUT2D eigenvalue weighted by Crippen LogP contribution is -2.19. The third-order valence-corrected chi connectivity index (χ3v) is 3.87. The Morgan fingerprint density at radius 2 is 2.19 bits per heavy atom. The molecule has 0 spiro atoms. The summed E-state index contributed by atoms with van der Waals surface area (Å²) in [6.07, 6.45) is 2.54. The second-order valence-corrected chi connectivity index (χ2v) is 5.48. The van der Waals surface area contributed by atoms with Crippen molar-refractivity contribution in [3.8, 4) is 0 Å². The van der Waals surface area contributed by atoms with Crippen LogP contribution in [0.5, 0.6) is 0 Å². The lowest BCUT2D eigenvalue weighted by Gasteiger charge is -2.21. The van der Waals surface area contributed by atoms with Gasteiger partial charge in [-0.2, -0.15) is 16.7 Å². The molecule has 0 aliphatic carbocycles. The Hall–Kier alpha value is -0.680. The zero-order valence-electron chi connectivity index (χ0n) is 8.95. The third kappa shape index (κ3) is 3.42. The van der Waals surface area contributed by atoms with E-state index >= 15 is 0 Å². The smallest absolute Gasteiger partial charge is 0.223 e. The summed E-state index contributed by atoms with van der Waals surface area (Å²) >= 11 is 7.83. The molecular formula is C10H15ClN4S. The van der Waals surface area contributed by atoms with Gasteiger partial charge in [0.15, 0.2) is 0 Å². The van der Waals surface area contributed by atoms with E-state index in [4.69, 9.17) is 17.3 Å². The first-order chi connectivity index (χ1) is 7.74. The van der Waals surface area contributed by atoms with Crippen LogP contribution in [0.15, 0.2) is 6.07 Å². The van der Waals surface area contributed by atoms with Gasteiger partial charge >= 0.3 is 0 Å². The molecule has 16 heavy (non-hydrogen) atoms. The topological polar surface area (TPSA) is 63.8 Å². The summed E-state index contributed by atoms with van der Waals surface area (Å²) in [5.74, 6) is 4.19. The molecule has 0 unspecified atom stereocenters. The van der Waals surface area contributed by atoms with E-state index in [2.05, 4.69) is 15.3 Å². The average Bonchev–Trinajstić information content (AvgIpc) is 2.27. The lowest BCUT2D eigenvalue weighted by molar-refractivity contribution is 0.515. The average molecular weight is 259 g/mol. The molecule has 0 bridgehead atoms. The highest BCUT2D eigenvalue weighted by atomic mass is 35.5. The number of nitrogens with one attached hydrogen (secondary N) is 1. The minimum atomic E-state index is 0.217. The molecule has 2 heterocycles. The molecule has 0 radical (unpaired) electrons. The second kappa shape index (κ2) is 5.59. The van der Waals surface area contributed by atoms with E-state index in [0.717, 1.165) is 18.3 Å². The van der Waals surface area contributed by atoms with Crippen molar-refractivity contribution in [1.82, 2.24) is 9.97 Å². The van der Waals surface area contributed by atoms with E-state index < -0.39 is 0 Å². The Morgan fingerprint density at radius 1 is 1.44 bits per heavy atom. The number of nitrogens with two attached hydrogens (primary N) is 1. The number of halogens is 1. The molecule has 3 N–H and O–H groups in total. The Morgan fingerprint density at radius 3 is 2.88 bits per heavy atom. The van der Waals surface area contributed by atoms with Crippen molar-refractivity contribution in [2.75, 3.05) is 29.1 Å². The van der Waals surface area contributed by atoms with Gasteiger partial charge in [0.25, 0.3) is 0 Å². The predicted molar refractivity (Wildman–Crippen MR) is 70.0 cm³/mol. The van der Waals surface area contributed by atoms with Gasteiger partial charge in [0.05, 0.1) is 0 Å². The zero-order chi connectivity index (χ0) is 11.4. The Labute approximate surface area is 104 Å². The van der Waals surface area contributed by atoms with E-state index in [9.17, 15) is 0 Å². The summed E-state index contributed by atoms with van der Waals surface area (Å²) in [7, 11) is 0. The van der Waals surface area contributed by atoms with Crippen LogP contribution in [0.4, 0.5) is 11.8 Å². The first-order valence-electron chi connectivity index (χ1n) is 5.36. The van der Waals surface area contributed by atoms with Gasteiger partial charge in [-0.05, 0) is 30.3 Å². The number of nitrogen functional groups attached to an aromatic ring is 1. The standard InChI is InChI=1S/C10H15ClN4S/c11-8-5-9(15-10(12)14-8)13-6-7-1-3-16-4-2-7/h5,7H,1-4,6H2,(H3,12,13,14,15). The fourth-order valence-corrected chi connectivity index (χ4v) is 3.12. The maximum Gasteiger partial charge on any atom is 0.223 e. The highest BCUT2D eigenvalue weighted by molar-refractivity contribution is 7.99. The number of aromatic nitrogens is 2. The van der Waals surface area contributed by atoms with Crippen molar-refractivity contribution in [2.45, 2.75) is 12.8 Å². The molecule has 1 aliphatic rings. The Kier molecular flexibility index (Phi) is 4.12. The third-order valence-electron chi connectivity index (χ3n) is 2.62. The Bertz CT molecular complexity index is 334. The molecule has 2 rings (SSSR count). The van der Waals surface area contributed by atoms with E-state index in [0.29, 0.717) is 5.15 Å². The minimum Gasteiger partial charge on any atom is -0.370 e. The summed E-state index contributed by atoms with van der Waals surface area (Å²) in [6, 6.07) is 1.70. The fraction of sp³-hybridized carbons (Fsp3) is 0.600. The zero-order valence-corrected chi connectivity index (χ0v) is 10.5. The van der Waals surface area contributed by atoms with Gasteiger partial charge in [-0.1, -0.05) is 11.6 Å². The Balaban J connectivity index is 1.88. The molecule has 1 fully saturated rings. The van der Waals surface area contributed by atoms with Crippen LogP contribution in [0.1, 0.15) is 12.8 Å². The molecule has 0 aromatic carbocycles. The molecule has 88 valence electrons. The van der Waals surface area contributed by atoms with Crippen molar-refractivity contribution in [3.05, 3.63) is 11.2 Å². The van der Waals surface area contributed by atoms with Gasteiger partial charge in [-0.25, -0.2) is 4.98 Å². The monoisotopic (exact) mass is 258 g/mol. The lowest BCUT2D eigenvalue weighted by atomic mass is 10.0. The van der Waals surface area contributed by atoms with Crippen LogP contribution in [0, 0.1) is 5.92 Å². The van der Waals surface area contributed by atoms with Gasteiger partial charge in [0.2, 0.25) is 5.95 Å². The van der Waals surface area contributed by atoms with Crippen LogP contribution >= 0.6 is 23.4 Å². The van der Waals surface area contributed by atoms with Gasteiger partial charge in [-0.3, -0.25) is 0 Å². The minimum absolute atomic E-state index is 0.217. The SMILES string of the molecule is Nc1nc(Cl)cc(NCC2CCSCC2)n1. The normalized spacial score (nSPS) is 17.3. The summed E-state index contributed by atoms with van der Waals surface area (Å²) in [5, 5.41) is 3.65. The molecule has 4 nitrogen and oxygen atoms in total. The highest BCUT2D eigenvalue weighted by Crippen LogP contribution is 2.23. The highest BCUT2D eigenvalue weighted by Gasteiger charge is 2.13. The van der Waals surface area contributed by atoms with Crippen LogP contribution in [0.2, 0.25) is 5.15 Å². The molecule has 6 heteroatoms. The maximum atomic E-state index is 5.80. The molecule has 1 saturated heterocycles. The van der Waals surface area contributed by atoms with E-state index in [1.807, 2.05) is 11.8 Å². The molecule has 1 aromatic rings. The van der Waals surface area contributed by atoms with Crippen LogP contribution in [-0.2, 0) is 0 Å². The number of hydrogen-bond donors (Lipinski definition) is 2. The van der Waals surface area contributed by atoms with Gasteiger partial charge in [-0.15, -0.1) is 0 Å². The number of anilines is 2. The second-order valence-electron chi connectivity index (χ2n) is 3.87. The van der Waals surface area contributed by atoms with Crippen molar-refractivity contribution in [1.29, 1.82) is 0 Å². The van der Waals surface area contributed by atoms with E-state index in [1.165, 1.54) is 24.3 Å². The number of hydrogen-bond acceptors (Lipinski definition) is 5. The van der Waals surface area contributed by atoms with E-state index in [1.54, 1.807) is 6.07 Å². The first kappa shape index (κ1) is 11.8. The molecule has 0 saturated carbocycles. The van der Waals surface area contributed by atoms with E-state index in [-0.39, 0.29) is 5.95 Å². The summed E-state index contributed by atoms with van der Waals surface area (Å²) < 4.78 is 0. The molecular weight excluding hydrogens is 244 g/mol. The van der Waals surface area contributed by atoms with Crippen molar-refractivity contribution in [2.24, 2.45) is 5.92 Å². The molecule has 0 amide bonds. The van der Waals surface area contributed by atoms with Crippen molar-refractivity contribution >= 4 is 35.1 Å².